The van der Waals surface area contributed by atoms with Crippen LogP contribution in [0.4, 0.5) is 0 Å². The van der Waals surface area contributed by atoms with Crippen LogP contribution >= 0.6 is 0 Å². The van der Waals surface area contributed by atoms with E-state index in [0.717, 1.165) is 23.1 Å². The highest BCUT2D eigenvalue weighted by Crippen LogP contribution is 2.14. The van der Waals surface area contributed by atoms with E-state index in [2.05, 4.69) is 44.2 Å². The molecule has 1 rings (SSSR count). The van der Waals surface area contributed by atoms with Crippen molar-refractivity contribution >= 4 is 15.8 Å². The van der Waals surface area contributed by atoms with Crippen molar-refractivity contribution in [1.82, 2.24) is 0 Å². The predicted molar refractivity (Wildman–Crippen MR) is 65.4 cm³/mol. The third kappa shape index (κ3) is 3.12. The van der Waals surface area contributed by atoms with Crippen LogP contribution in [0.5, 0.6) is 0 Å². The summed E-state index contributed by atoms with van der Waals surface area (Å²) in [6, 6.07) is 8.58. The van der Waals surface area contributed by atoms with Crippen LogP contribution in [0.15, 0.2) is 30.3 Å². The Morgan fingerprint density at radius 1 is 1.36 bits per heavy atom. The second kappa shape index (κ2) is 5.78. The molecule has 76 valence electrons. The fourth-order valence-corrected chi connectivity index (χ4v) is 1.45. The standard InChI is InChI=1S/C12H18OSi/c1-3-10(2)12-6-4-11(5-7-12)8-13-9-14/h3-7H,8-9H2,1-2,14H3/b10-3+. The topological polar surface area (TPSA) is 9.23 Å². The summed E-state index contributed by atoms with van der Waals surface area (Å²) in [6.07, 6.45) is 3.04. The minimum atomic E-state index is 0.749. The van der Waals surface area contributed by atoms with Gasteiger partial charge in [-0.15, -0.1) is 0 Å². The van der Waals surface area contributed by atoms with E-state index in [4.69, 9.17) is 4.74 Å². The summed E-state index contributed by atoms with van der Waals surface area (Å²) < 4.78 is 5.39. The number of hydrogen-bond donors (Lipinski definition) is 0. The normalized spacial score (nSPS) is 12.0. The van der Waals surface area contributed by atoms with Gasteiger partial charge in [-0.2, -0.15) is 0 Å². The highest BCUT2D eigenvalue weighted by Gasteiger charge is 1.95. The fraction of sp³-hybridized carbons (Fsp3) is 0.333. The van der Waals surface area contributed by atoms with E-state index in [1.807, 2.05) is 0 Å². The van der Waals surface area contributed by atoms with Gasteiger partial charge in [0.2, 0.25) is 0 Å². The fourth-order valence-electron chi connectivity index (χ4n) is 1.25. The lowest BCUT2D eigenvalue weighted by molar-refractivity contribution is 0.165. The number of benzene rings is 1. The molecular weight excluding hydrogens is 188 g/mol. The molecule has 0 saturated carbocycles. The summed E-state index contributed by atoms with van der Waals surface area (Å²) in [5, 5.41) is 0. The van der Waals surface area contributed by atoms with Crippen molar-refractivity contribution in [2.75, 3.05) is 6.23 Å². The van der Waals surface area contributed by atoms with Crippen molar-refractivity contribution in [3.63, 3.8) is 0 Å². The quantitative estimate of drug-likeness (QED) is 0.684. The number of hydrogen-bond acceptors (Lipinski definition) is 1. The molecule has 1 nitrogen and oxygen atoms in total. The molecule has 0 N–H and O–H groups in total. The van der Waals surface area contributed by atoms with Gasteiger partial charge in [0.15, 0.2) is 0 Å². The predicted octanol–water partition coefficient (Wildman–Crippen LogP) is 1.95. The highest BCUT2D eigenvalue weighted by molar-refractivity contribution is 6.08. The molecule has 0 spiro atoms. The molecule has 0 aliphatic carbocycles. The third-order valence-corrected chi connectivity index (χ3v) is 2.72. The smallest absolute Gasteiger partial charge is 0.0712 e. The zero-order chi connectivity index (χ0) is 10.4. The Balaban J connectivity index is 2.68. The van der Waals surface area contributed by atoms with Gasteiger partial charge in [0.05, 0.1) is 6.61 Å². The molecule has 0 bridgehead atoms. The van der Waals surface area contributed by atoms with E-state index in [9.17, 15) is 0 Å². The van der Waals surface area contributed by atoms with E-state index < -0.39 is 0 Å². The second-order valence-electron chi connectivity index (χ2n) is 3.31. The third-order valence-electron chi connectivity index (χ3n) is 2.32. The minimum absolute atomic E-state index is 0.749. The summed E-state index contributed by atoms with van der Waals surface area (Å²) in [4.78, 5) is 0. The van der Waals surface area contributed by atoms with Crippen molar-refractivity contribution in [3.05, 3.63) is 41.5 Å². The van der Waals surface area contributed by atoms with E-state index in [1.54, 1.807) is 0 Å². The maximum atomic E-state index is 5.39. The lowest BCUT2D eigenvalue weighted by atomic mass is 10.1. The minimum Gasteiger partial charge on any atom is -0.381 e. The Hall–Kier alpha value is -0.863. The summed E-state index contributed by atoms with van der Waals surface area (Å²) in [6.45, 7) is 4.94. The molecule has 1 aromatic carbocycles. The average Bonchev–Trinajstić information content (AvgIpc) is 2.26. The molecule has 0 radical (unpaired) electrons. The highest BCUT2D eigenvalue weighted by atomic mass is 28.1. The van der Waals surface area contributed by atoms with Gasteiger partial charge in [-0.05, 0) is 30.5 Å². The first kappa shape index (κ1) is 11.2. The van der Waals surface area contributed by atoms with Crippen LogP contribution in [-0.4, -0.2) is 16.5 Å². The van der Waals surface area contributed by atoms with Gasteiger partial charge < -0.3 is 4.74 Å². The molecule has 0 fully saturated rings. The number of ether oxygens (including phenoxy) is 1. The average molecular weight is 206 g/mol. The largest absolute Gasteiger partial charge is 0.381 e. The zero-order valence-electron chi connectivity index (χ0n) is 9.21. The second-order valence-corrected chi connectivity index (χ2v) is 3.88. The zero-order valence-corrected chi connectivity index (χ0v) is 11.2. The lowest BCUT2D eigenvalue weighted by Gasteiger charge is -2.04. The molecule has 0 aliphatic heterocycles. The maximum Gasteiger partial charge on any atom is 0.0712 e. The summed E-state index contributed by atoms with van der Waals surface area (Å²) in [5.74, 6) is 0. The van der Waals surface area contributed by atoms with Gasteiger partial charge in [-0.3, -0.25) is 0 Å². The van der Waals surface area contributed by atoms with Crippen LogP contribution in [0.1, 0.15) is 25.0 Å². The molecule has 0 aliphatic rings. The molecule has 14 heavy (non-hydrogen) atoms. The summed E-state index contributed by atoms with van der Waals surface area (Å²) in [5.41, 5.74) is 3.87. The van der Waals surface area contributed by atoms with Crippen LogP contribution in [-0.2, 0) is 11.3 Å². The van der Waals surface area contributed by atoms with Gasteiger partial charge in [0, 0.05) is 16.5 Å². The maximum absolute atomic E-state index is 5.39. The molecule has 1 aromatic rings. The first-order valence-electron chi connectivity index (χ1n) is 5.08. The summed E-state index contributed by atoms with van der Waals surface area (Å²) in [7, 11) is 1.11. The molecule has 0 aromatic heterocycles. The SMILES string of the molecule is C/C=C(\C)c1ccc(COC[SiH3])cc1. The lowest BCUT2D eigenvalue weighted by Crippen LogP contribution is -1.94. The first-order valence-corrected chi connectivity index (χ1v) is 6.49. The Kier molecular flexibility index (Phi) is 4.63. The molecule has 0 saturated heterocycles. The van der Waals surface area contributed by atoms with Crippen LogP contribution in [0, 0.1) is 0 Å². The van der Waals surface area contributed by atoms with E-state index >= 15 is 0 Å². The molecule has 2 heteroatoms. The van der Waals surface area contributed by atoms with Crippen molar-refractivity contribution in [1.29, 1.82) is 0 Å². The Labute approximate surface area is 89.2 Å². The number of rotatable bonds is 4. The number of allylic oxidation sites excluding steroid dienone is 2. The van der Waals surface area contributed by atoms with Gasteiger partial charge in [-0.25, -0.2) is 0 Å². The van der Waals surface area contributed by atoms with Crippen molar-refractivity contribution in [2.45, 2.75) is 20.5 Å². The van der Waals surface area contributed by atoms with Crippen molar-refractivity contribution < 1.29 is 4.74 Å². The van der Waals surface area contributed by atoms with Crippen molar-refractivity contribution in [3.8, 4) is 0 Å². The Morgan fingerprint density at radius 2 is 2.00 bits per heavy atom. The molecular formula is C12H18OSi. The molecule has 0 atom stereocenters. The van der Waals surface area contributed by atoms with Gasteiger partial charge in [0.25, 0.3) is 0 Å². The Morgan fingerprint density at radius 3 is 2.50 bits per heavy atom. The van der Waals surface area contributed by atoms with Crippen molar-refractivity contribution in [2.24, 2.45) is 0 Å². The first-order chi connectivity index (χ1) is 6.77. The van der Waals surface area contributed by atoms with Crippen LogP contribution < -0.4 is 0 Å². The summed E-state index contributed by atoms with van der Waals surface area (Å²) >= 11 is 0. The molecule has 0 unspecified atom stereocenters. The Bertz CT molecular complexity index is 301. The molecule has 0 amide bonds. The monoisotopic (exact) mass is 206 g/mol. The van der Waals surface area contributed by atoms with Gasteiger partial charge >= 0.3 is 0 Å². The van der Waals surface area contributed by atoms with E-state index in [-0.39, 0.29) is 0 Å². The van der Waals surface area contributed by atoms with Gasteiger partial charge in [-0.1, -0.05) is 30.3 Å². The molecule has 0 heterocycles. The van der Waals surface area contributed by atoms with Crippen LogP contribution in [0.2, 0.25) is 0 Å². The van der Waals surface area contributed by atoms with Crippen LogP contribution in [0.25, 0.3) is 5.57 Å². The van der Waals surface area contributed by atoms with Gasteiger partial charge in [0.1, 0.15) is 0 Å². The van der Waals surface area contributed by atoms with E-state index in [0.29, 0.717) is 0 Å². The van der Waals surface area contributed by atoms with E-state index in [1.165, 1.54) is 16.7 Å². The van der Waals surface area contributed by atoms with Crippen LogP contribution in [0.3, 0.4) is 0 Å².